The van der Waals surface area contributed by atoms with Crippen LogP contribution in [0.3, 0.4) is 0 Å². The third kappa shape index (κ3) is 3.61. The normalized spacial score (nSPS) is 12.1. The Morgan fingerprint density at radius 2 is 1.75 bits per heavy atom. The Morgan fingerprint density at radius 1 is 1.07 bits per heavy atom. The molecule has 1 amide bonds. The number of methoxy groups -OCH3 is 1. The maximum Gasteiger partial charge on any atom is 0.332 e. The van der Waals surface area contributed by atoms with Crippen molar-refractivity contribution in [3.05, 3.63) is 81.0 Å². The predicted octanol–water partition coefficient (Wildman–Crippen LogP) is 1.54. The number of para-hydroxylation sites is 1. The summed E-state index contributed by atoms with van der Waals surface area (Å²) in [5, 5.41) is 3.21. The van der Waals surface area contributed by atoms with Crippen LogP contribution in [0.4, 0.5) is 0 Å². The summed E-state index contributed by atoms with van der Waals surface area (Å²) in [7, 11) is 1.55. The van der Waals surface area contributed by atoms with Gasteiger partial charge in [0.15, 0.2) is 0 Å². The van der Waals surface area contributed by atoms with E-state index >= 15 is 0 Å². The molecule has 1 aromatic heterocycles. The van der Waals surface area contributed by atoms with Crippen LogP contribution in [0.2, 0.25) is 0 Å². The Morgan fingerprint density at radius 3 is 2.43 bits per heavy atom. The number of fused-ring (bicyclic) bond motifs is 1. The number of hydrogen-bond acceptors (Lipinski definition) is 4. The zero-order valence-corrected chi connectivity index (χ0v) is 15.9. The SMILES string of the molecule is CCn1c(=O)c2ccccc2n([C@@H](C(=O)NCCOC)c2ccccc2)c1=O. The molecule has 0 radical (unpaired) electrons. The molecule has 0 spiro atoms. The van der Waals surface area contributed by atoms with Crippen molar-refractivity contribution in [1.29, 1.82) is 0 Å². The van der Waals surface area contributed by atoms with Crippen LogP contribution in [-0.2, 0) is 16.1 Å². The predicted molar refractivity (Wildman–Crippen MR) is 108 cm³/mol. The first-order chi connectivity index (χ1) is 13.6. The average Bonchev–Trinajstić information content (AvgIpc) is 2.72. The number of benzene rings is 2. The molecular weight excluding hydrogens is 358 g/mol. The van der Waals surface area contributed by atoms with E-state index in [0.717, 1.165) is 4.57 Å². The highest BCUT2D eigenvalue weighted by Crippen LogP contribution is 2.21. The van der Waals surface area contributed by atoms with E-state index in [0.29, 0.717) is 29.6 Å². The molecule has 0 aliphatic carbocycles. The number of amides is 1. The van der Waals surface area contributed by atoms with Crippen molar-refractivity contribution < 1.29 is 9.53 Å². The fourth-order valence-corrected chi connectivity index (χ4v) is 3.28. The van der Waals surface area contributed by atoms with E-state index in [4.69, 9.17) is 4.74 Å². The highest BCUT2D eigenvalue weighted by Gasteiger charge is 2.27. The van der Waals surface area contributed by atoms with Gasteiger partial charge in [0.2, 0.25) is 5.91 Å². The Hall–Kier alpha value is -3.19. The van der Waals surface area contributed by atoms with Gasteiger partial charge in [0.25, 0.3) is 5.56 Å². The molecule has 1 N–H and O–H groups in total. The van der Waals surface area contributed by atoms with Gasteiger partial charge in [0, 0.05) is 20.2 Å². The van der Waals surface area contributed by atoms with Crippen molar-refractivity contribution in [2.24, 2.45) is 0 Å². The summed E-state index contributed by atoms with van der Waals surface area (Å²) in [6.07, 6.45) is 0. The Labute approximate surface area is 162 Å². The van der Waals surface area contributed by atoms with Gasteiger partial charge >= 0.3 is 5.69 Å². The number of nitrogens with one attached hydrogen (secondary N) is 1. The van der Waals surface area contributed by atoms with Gasteiger partial charge in [-0.05, 0) is 24.6 Å². The number of carbonyl (C=O) groups excluding carboxylic acids is 1. The Bertz CT molecular complexity index is 1090. The van der Waals surface area contributed by atoms with Gasteiger partial charge in [0.05, 0.1) is 17.5 Å². The van der Waals surface area contributed by atoms with Crippen LogP contribution in [0.25, 0.3) is 10.9 Å². The van der Waals surface area contributed by atoms with Crippen molar-refractivity contribution in [3.63, 3.8) is 0 Å². The smallest absolute Gasteiger partial charge is 0.332 e. The number of rotatable bonds is 7. The van der Waals surface area contributed by atoms with E-state index in [1.165, 1.54) is 4.57 Å². The molecular formula is C21H23N3O4. The van der Waals surface area contributed by atoms with Crippen LogP contribution in [0, 0.1) is 0 Å². The molecule has 3 aromatic rings. The molecule has 0 bridgehead atoms. The van der Waals surface area contributed by atoms with Gasteiger partial charge in [-0.2, -0.15) is 0 Å². The van der Waals surface area contributed by atoms with Crippen molar-refractivity contribution in [2.75, 3.05) is 20.3 Å². The number of hydrogen-bond donors (Lipinski definition) is 1. The number of aromatic nitrogens is 2. The summed E-state index contributed by atoms with van der Waals surface area (Å²) in [4.78, 5) is 39.0. The fraction of sp³-hybridized carbons (Fsp3) is 0.286. The molecule has 1 atom stereocenters. The second-order valence-corrected chi connectivity index (χ2v) is 6.32. The standard InChI is InChI=1S/C21H23N3O4/c1-3-23-20(26)16-11-7-8-12-17(16)24(21(23)27)18(15-9-5-4-6-10-15)19(25)22-13-14-28-2/h4-12,18H,3,13-14H2,1-2H3,(H,22,25)/t18-/m1/s1. The summed E-state index contributed by atoms with van der Waals surface area (Å²) in [5.74, 6) is -0.336. The van der Waals surface area contributed by atoms with Crippen LogP contribution >= 0.6 is 0 Å². The topological polar surface area (TPSA) is 82.3 Å². The van der Waals surface area contributed by atoms with Crippen LogP contribution in [-0.4, -0.2) is 35.3 Å². The number of nitrogens with zero attached hydrogens (tertiary/aromatic N) is 2. The summed E-state index contributed by atoms with van der Waals surface area (Å²) in [6, 6.07) is 15.0. The van der Waals surface area contributed by atoms with Crippen molar-refractivity contribution in [3.8, 4) is 0 Å². The minimum absolute atomic E-state index is 0.218. The van der Waals surface area contributed by atoms with Gasteiger partial charge in [-0.25, -0.2) is 4.79 Å². The van der Waals surface area contributed by atoms with Gasteiger partial charge < -0.3 is 10.1 Å². The second-order valence-electron chi connectivity index (χ2n) is 6.32. The van der Waals surface area contributed by atoms with E-state index < -0.39 is 11.7 Å². The van der Waals surface area contributed by atoms with Crippen LogP contribution in [0.15, 0.2) is 64.2 Å². The summed E-state index contributed by atoms with van der Waals surface area (Å²) in [5.41, 5.74) is 0.219. The first-order valence-corrected chi connectivity index (χ1v) is 9.15. The largest absolute Gasteiger partial charge is 0.383 e. The monoisotopic (exact) mass is 381 g/mol. The lowest BCUT2D eigenvalue weighted by Crippen LogP contribution is -2.45. The van der Waals surface area contributed by atoms with Gasteiger partial charge in [0.1, 0.15) is 6.04 Å². The summed E-state index contributed by atoms with van der Waals surface area (Å²) >= 11 is 0. The van der Waals surface area contributed by atoms with Crippen molar-refractivity contribution in [2.45, 2.75) is 19.5 Å². The van der Waals surface area contributed by atoms with Crippen molar-refractivity contribution >= 4 is 16.8 Å². The lowest BCUT2D eigenvalue weighted by molar-refractivity contribution is -0.123. The summed E-state index contributed by atoms with van der Waals surface area (Å²) in [6.45, 7) is 2.63. The van der Waals surface area contributed by atoms with Crippen LogP contribution < -0.4 is 16.6 Å². The maximum absolute atomic E-state index is 13.2. The molecule has 146 valence electrons. The molecule has 0 saturated carbocycles. The number of carbonyl (C=O) groups is 1. The molecule has 0 aliphatic rings. The second kappa shape index (κ2) is 8.67. The van der Waals surface area contributed by atoms with Crippen molar-refractivity contribution in [1.82, 2.24) is 14.5 Å². The third-order valence-electron chi connectivity index (χ3n) is 4.62. The van der Waals surface area contributed by atoms with E-state index in [1.54, 1.807) is 50.4 Å². The molecule has 0 aliphatic heterocycles. The molecule has 28 heavy (non-hydrogen) atoms. The highest BCUT2D eigenvalue weighted by molar-refractivity contribution is 5.87. The zero-order chi connectivity index (χ0) is 20.1. The molecule has 0 saturated heterocycles. The lowest BCUT2D eigenvalue weighted by Gasteiger charge is -2.23. The minimum atomic E-state index is -0.908. The van der Waals surface area contributed by atoms with E-state index in [9.17, 15) is 14.4 Å². The Kier molecular flexibility index (Phi) is 6.06. The van der Waals surface area contributed by atoms with E-state index in [1.807, 2.05) is 18.2 Å². The quantitative estimate of drug-likeness (QED) is 0.630. The number of ether oxygens (including phenoxy) is 1. The first kappa shape index (κ1) is 19.6. The van der Waals surface area contributed by atoms with E-state index in [2.05, 4.69) is 5.32 Å². The molecule has 0 unspecified atom stereocenters. The molecule has 1 heterocycles. The van der Waals surface area contributed by atoms with Gasteiger partial charge in [-0.3, -0.25) is 18.7 Å². The van der Waals surface area contributed by atoms with Gasteiger partial charge in [-0.15, -0.1) is 0 Å². The first-order valence-electron chi connectivity index (χ1n) is 9.15. The maximum atomic E-state index is 13.2. The molecule has 3 rings (SSSR count). The van der Waals surface area contributed by atoms with E-state index in [-0.39, 0.29) is 18.0 Å². The Balaban J connectivity index is 2.29. The van der Waals surface area contributed by atoms with Gasteiger partial charge in [-0.1, -0.05) is 42.5 Å². The third-order valence-corrected chi connectivity index (χ3v) is 4.62. The molecule has 7 nitrogen and oxygen atoms in total. The van der Waals surface area contributed by atoms with Crippen LogP contribution in [0.5, 0.6) is 0 Å². The highest BCUT2D eigenvalue weighted by atomic mass is 16.5. The zero-order valence-electron chi connectivity index (χ0n) is 15.9. The lowest BCUT2D eigenvalue weighted by atomic mass is 10.0. The fourth-order valence-electron chi connectivity index (χ4n) is 3.28. The van der Waals surface area contributed by atoms with Crippen LogP contribution in [0.1, 0.15) is 18.5 Å². The minimum Gasteiger partial charge on any atom is -0.383 e. The molecule has 0 fully saturated rings. The molecule has 7 heteroatoms. The molecule has 2 aromatic carbocycles. The summed E-state index contributed by atoms with van der Waals surface area (Å²) < 4.78 is 7.55. The average molecular weight is 381 g/mol.